The molecule has 0 N–H and O–H groups in total. The first-order chi connectivity index (χ1) is 17.5. The lowest BCUT2D eigenvalue weighted by atomic mass is 9.72. The summed E-state index contributed by atoms with van der Waals surface area (Å²) in [6.07, 6.45) is -0.117. The molecule has 0 radical (unpaired) electrons. The molecule has 0 bridgehead atoms. The molecule has 0 aromatic heterocycles. The summed E-state index contributed by atoms with van der Waals surface area (Å²) in [6, 6.07) is 19.0. The number of benzene rings is 3. The van der Waals surface area contributed by atoms with Gasteiger partial charge in [0.25, 0.3) is 0 Å². The number of amides is 1. The fourth-order valence-electron chi connectivity index (χ4n) is 5.28. The number of carbonyl (C=O) groups excluding carboxylic acids is 2. The van der Waals surface area contributed by atoms with Crippen LogP contribution in [0.1, 0.15) is 23.1 Å². The smallest absolute Gasteiger partial charge is 0.327 e. The molecule has 184 valence electrons. The van der Waals surface area contributed by atoms with E-state index in [-0.39, 0.29) is 19.1 Å². The van der Waals surface area contributed by atoms with Crippen LogP contribution in [-0.4, -0.2) is 54.6 Å². The molecule has 8 heteroatoms. The summed E-state index contributed by atoms with van der Waals surface area (Å²) in [4.78, 5) is 30.9. The SMILES string of the molecule is O=C(CC1(c2ccccc2)C(=O)Oc2ccc(F)cc21)N1CCN(Cc2ccc3c(c2)OCO3)CC1. The van der Waals surface area contributed by atoms with Crippen molar-refractivity contribution in [3.05, 3.63) is 89.2 Å². The zero-order chi connectivity index (χ0) is 24.7. The molecule has 0 saturated carbocycles. The third-order valence-electron chi connectivity index (χ3n) is 7.20. The number of hydrogen-bond donors (Lipinski definition) is 0. The van der Waals surface area contributed by atoms with Crippen molar-refractivity contribution in [3.63, 3.8) is 0 Å². The number of halogens is 1. The minimum absolute atomic E-state index is 0.117. The van der Waals surface area contributed by atoms with Crippen molar-refractivity contribution in [2.75, 3.05) is 33.0 Å². The van der Waals surface area contributed by atoms with E-state index in [1.807, 2.05) is 24.3 Å². The number of esters is 1. The van der Waals surface area contributed by atoms with Crippen LogP contribution < -0.4 is 14.2 Å². The molecule has 1 atom stereocenters. The Hall–Kier alpha value is -3.91. The van der Waals surface area contributed by atoms with Gasteiger partial charge in [0.15, 0.2) is 11.5 Å². The second-order valence-electron chi connectivity index (χ2n) is 9.32. The molecule has 1 saturated heterocycles. The standard InChI is InChI=1S/C28H25FN2O5/c29-21-7-9-23-22(15-21)28(27(33)36-23,20-4-2-1-3-5-20)16-26(32)31-12-10-30(11-13-31)17-19-6-8-24-25(14-19)35-18-34-24/h1-9,14-15H,10-13,16-18H2. The van der Waals surface area contributed by atoms with E-state index in [1.54, 1.807) is 29.2 Å². The first-order valence-corrected chi connectivity index (χ1v) is 12.0. The number of hydrogen-bond acceptors (Lipinski definition) is 6. The zero-order valence-corrected chi connectivity index (χ0v) is 19.6. The normalized spacial score (nSPS) is 20.8. The number of piperazine rings is 1. The Morgan fingerprint density at radius 2 is 1.64 bits per heavy atom. The van der Waals surface area contributed by atoms with Gasteiger partial charge in [-0.3, -0.25) is 14.5 Å². The van der Waals surface area contributed by atoms with Crippen LogP contribution in [0.5, 0.6) is 17.2 Å². The van der Waals surface area contributed by atoms with Crippen molar-refractivity contribution in [3.8, 4) is 17.2 Å². The quantitative estimate of drug-likeness (QED) is 0.405. The molecule has 1 fully saturated rings. The second-order valence-corrected chi connectivity index (χ2v) is 9.32. The fourth-order valence-corrected chi connectivity index (χ4v) is 5.28. The predicted octanol–water partition coefficient (Wildman–Crippen LogP) is 3.49. The molecule has 7 nitrogen and oxygen atoms in total. The van der Waals surface area contributed by atoms with Gasteiger partial charge in [0.2, 0.25) is 12.7 Å². The summed E-state index contributed by atoms with van der Waals surface area (Å²) in [7, 11) is 0. The number of ether oxygens (including phenoxy) is 3. The van der Waals surface area contributed by atoms with Gasteiger partial charge in [-0.1, -0.05) is 36.4 Å². The molecule has 3 aliphatic rings. The molecule has 3 aromatic carbocycles. The van der Waals surface area contributed by atoms with Crippen LogP contribution in [0.25, 0.3) is 0 Å². The first kappa shape index (κ1) is 22.5. The van der Waals surface area contributed by atoms with Crippen LogP contribution in [0.2, 0.25) is 0 Å². The van der Waals surface area contributed by atoms with Crippen LogP contribution in [0, 0.1) is 5.82 Å². The van der Waals surface area contributed by atoms with E-state index in [0.717, 1.165) is 23.6 Å². The van der Waals surface area contributed by atoms with Crippen molar-refractivity contribution in [2.45, 2.75) is 18.4 Å². The van der Waals surface area contributed by atoms with Gasteiger partial charge in [-0.05, 0) is 41.5 Å². The lowest BCUT2D eigenvalue weighted by molar-refractivity contribution is -0.142. The maximum Gasteiger partial charge on any atom is 0.327 e. The highest BCUT2D eigenvalue weighted by Gasteiger charge is 2.52. The molecule has 0 spiro atoms. The Kier molecular flexibility index (Phi) is 5.60. The maximum atomic E-state index is 14.3. The van der Waals surface area contributed by atoms with Crippen molar-refractivity contribution in [1.82, 2.24) is 9.80 Å². The van der Waals surface area contributed by atoms with Crippen LogP contribution in [0.3, 0.4) is 0 Å². The van der Waals surface area contributed by atoms with Crippen molar-refractivity contribution in [2.24, 2.45) is 0 Å². The van der Waals surface area contributed by atoms with E-state index in [0.29, 0.717) is 43.1 Å². The monoisotopic (exact) mass is 488 g/mol. The largest absolute Gasteiger partial charge is 0.454 e. The lowest BCUT2D eigenvalue weighted by Gasteiger charge is -2.36. The molecular weight excluding hydrogens is 463 g/mol. The number of carbonyl (C=O) groups is 2. The van der Waals surface area contributed by atoms with E-state index in [2.05, 4.69) is 4.90 Å². The highest BCUT2D eigenvalue weighted by atomic mass is 19.1. The van der Waals surface area contributed by atoms with E-state index in [1.165, 1.54) is 18.2 Å². The Bertz CT molecular complexity index is 1320. The molecular formula is C28H25FN2O5. The molecule has 36 heavy (non-hydrogen) atoms. The van der Waals surface area contributed by atoms with E-state index >= 15 is 0 Å². The number of nitrogens with zero attached hydrogens (tertiary/aromatic N) is 2. The summed E-state index contributed by atoms with van der Waals surface area (Å²) >= 11 is 0. The van der Waals surface area contributed by atoms with Gasteiger partial charge in [-0.25, -0.2) is 4.39 Å². The van der Waals surface area contributed by atoms with Gasteiger partial charge in [0.1, 0.15) is 17.0 Å². The Morgan fingerprint density at radius 1 is 0.889 bits per heavy atom. The Labute approximate surface area is 208 Å². The Balaban J connectivity index is 1.18. The molecule has 3 aliphatic heterocycles. The summed E-state index contributed by atoms with van der Waals surface area (Å²) in [5, 5.41) is 0. The van der Waals surface area contributed by atoms with Gasteiger partial charge in [0, 0.05) is 38.3 Å². The number of rotatable bonds is 5. The van der Waals surface area contributed by atoms with E-state index in [9.17, 15) is 14.0 Å². The fraction of sp³-hybridized carbons (Fsp3) is 0.286. The van der Waals surface area contributed by atoms with Crippen LogP contribution in [0.15, 0.2) is 66.7 Å². The summed E-state index contributed by atoms with van der Waals surface area (Å²) in [5.41, 5.74) is 0.761. The van der Waals surface area contributed by atoms with Crippen molar-refractivity contribution >= 4 is 11.9 Å². The minimum atomic E-state index is -1.38. The third-order valence-corrected chi connectivity index (χ3v) is 7.20. The highest BCUT2D eigenvalue weighted by molar-refractivity contribution is 5.98. The predicted molar refractivity (Wildman–Crippen MR) is 128 cm³/mol. The van der Waals surface area contributed by atoms with Crippen LogP contribution >= 0.6 is 0 Å². The molecule has 1 amide bonds. The van der Waals surface area contributed by atoms with Gasteiger partial charge < -0.3 is 19.1 Å². The lowest BCUT2D eigenvalue weighted by Crippen LogP contribution is -2.50. The first-order valence-electron chi connectivity index (χ1n) is 12.0. The van der Waals surface area contributed by atoms with Gasteiger partial charge in [0.05, 0.1) is 6.42 Å². The Morgan fingerprint density at radius 3 is 2.44 bits per heavy atom. The minimum Gasteiger partial charge on any atom is -0.454 e. The average Bonchev–Trinajstić information content (AvgIpc) is 3.47. The maximum absolute atomic E-state index is 14.3. The van der Waals surface area contributed by atoms with Crippen LogP contribution in [-0.2, 0) is 21.5 Å². The summed E-state index contributed by atoms with van der Waals surface area (Å²) < 4.78 is 30.6. The van der Waals surface area contributed by atoms with E-state index in [4.69, 9.17) is 14.2 Å². The summed E-state index contributed by atoms with van der Waals surface area (Å²) in [5.74, 6) is 0.629. The van der Waals surface area contributed by atoms with E-state index < -0.39 is 17.2 Å². The zero-order valence-electron chi connectivity index (χ0n) is 19.6. The third kappa shape index (κ3) is 3.87. The average molecular weight is 489 g/mol. The van der Waals surface area contributed by atoms with Crippen molar-refractivity contribution in [1.29, 1.82) is 0 Å². The van der Waals surface area contributed by atoms with Crippen molar-refractivity contribution < 1.29 is 28.2 Å². The molecule has 3 heterocycles. The van der Waals surface area contributed by atoms with Gasteiger partial charge in [-0.15, -0.1) is 0 Å². The molecule has 6 rings (SSSR count). The molecule has 0 aliphatic carbocycles. The molecule has 1 unspecified atom stereocenters. The second kappa shape index (κ2) is 8.95. The highest BCUT2D eigenvalue weighted by Crippen LogP contribution is 2.47. The molecule has 3 aromatic rings. The summed E-state index contributed by atoms with van der Waals surface area (Å²) in [6.45, 7) is 3.47. The number of fused-ring (bicyclic) bond motifs is 2. The van der Waals surface area contributed by atoms with Gasteiger partial charge in [-0.2, -0.15) is 0 Å². The van der Waals surface area contributed by atoms with Crippen LogP contribution in [0.4, 0.5) is 4.39 Å². The van der Waals surface area contributed by atoms with Gasteiger partial charge >= 0.3 is 5.97 Å². The topological polar surface area (TPSA) is 68.3 Å².